The predicted octanol–water partition coefficient (Wildman–Crippen LogP) is 5.86. The van der Waals surface area contributed by atoms with Gasteiger partial charge in [-0.1, -0.05) is 32.9 Å². The maximum atomic E-state index is 12.6. The molecule has 5 rings (SSSR count). The number of nitrogens with one attached hydrogen (secondary N) is 1. The van der Waals surface area contributed by atoms with Crippen molar-refractivity contribution in [1.82, 2.24) is 5.43 Å². The smallest absolute Gasteiger partial charge is 0.240 e. The molecule has 0 aliphatic heterocycles. The summed E-state index contributed by atoms with van der Waals surface area (Å²) in [6.45, 7) is 9.29. The molecule has 216 valence electrons. The van der Waals surface area contributed by atoms with Gasteiger partial charge in [0.25, 0.3) is 0 Å². The molecule has 1 aromatic rings. The van der Waals surface area contributed by atoms with Gasteiger partial charge in [-0.15, -0.1) is 0 Å². The molecule has 0 saturated heterocycles. The highest BCUT2D eigenvalue weighted by molar-refractivity contribution is 5.83. The Morgan fingerprint density at radius 2 is 1.87 bits per heavy atom. The van der Waals surface area contributed by atoms with E-state index in [2.05, 4.69) is 31.3 Å². The number of methoxy groups -OCH3 is 1. The fraction of sp³-hybridized carbons (Fsp3) is 0.758. The Hall–Kier alpha value is -1.92. The fourth-order valence-electron chi connectivity index (χ4n) is 9.89. The van der Waals surface area contributed by atoms with Crippen molar-refractivity contribution in [3.63, 3.8) is 0 Å². The first-order valence-electron chi connectivity index (χ1n) is 15.4. The number of aryl methyl sites for hydroxylation is 1. The van der Waals surface area contributed by atoms with Crippen molar-refractivity contribution in [1.29, 1.82) is 0 Å². The maximum Gasteiger partial charge on any atom is 0.240 e. The van der Waals surface area contributed by atoms with Crippen LogP contribution >= 0.6 is 0 Å². The molecule has 3 N–H and O–H groups in total. The van der Waals surface area contributed by atoms with E-state index in [4.69, 9.17) is 4.74 Å². The molecule has 10 atom stereocenters. The van der Waals surface area contributed by atoms with Crippen LogP contribution in [0.15, 0.2) is 23.3 Å². The first-order chi connectivity index (χ1) is 18.6. The Morgan fingerprint density at radius 3 is 2.64 bits per heavy atom. The SMILES string of the molecule is COc1cc(/C=N/NC(=O)CCC(C)C2CCC3C4C(O)CC5CC(O)CCC5(C)C4CCC23C)ccc1C. The summed E-state index contributed by atoms with van der Waals surface area (Å²) in [5, 5.41) is 26.0. The van der Waals surface area contributed by atoms with Crippen LogP contribution < -0.4 is 10.2 Å². The molecular formula is C33H50N2O4. The van der Waals surface area contributed by atoms with Crippen molar-refractivity contribution in [3.05, 3.63) is 29.3 Å². The van der Waals surface area contributed by atoms with E-state index in [0.717, 1.165) is 49.0 Å². The number of hydrazone groups is 1. The summed E-state index contributed by atoms with van der Waals surface area (Å²) < 4.78 is 5.37. The van der Waals surface area contributed by atoms with Crippen molar-refractivity contribution in [2.24, 2.45) is 51.4 Å². The number of hydrogen-bond donors (Lipinski definition) is 3. The molecule has 39 heavy (non-hydrogen) atoms. The number of fused-ring (bicyclic) bond motifs is 5. The van der Waals surface area contributed by atoms with Crippen molar-refractivity contribution in [3.8, 4) is 5.75 Å². The Bertz CT molecular complexity index is 1070. The lowest BCUT2D eigenvalue weighted by molar-refractivity contribution is -0.174. The Kier molecular flexibility index (Phi) is 8.18. The zero-order valence-electron chi connectivity index (χ0n) is 24.7. The van der Waals surface area contributed by atoms with Gasteiger partial charge in [0, 0.05) is 6.42 Å². The highest BCUT2D eigenvalue weighted by Crippen LogP contribution is 2.68. The van der Waals surface area contributed by atoms with Crippen LogP contribution in [0.25, 0.3) is 0 Å². The monoisotopic (exact) mass is 538 g/mol. The molecule has 4 aliphatic rings. The van der Waals surface area contributed by atoms with E-state index in [0.29, 0.717) is 41.9 Å². The molecule has 0 spiro atoms. The third-order valence-electron chi connectivity index (χ3n) is 12.1. The number of rotatable bonds is 7. The van der Waals surface area contributed by atoms with Gasteiger partial charge in [-0.3, -0.25) is 4.79 Å². The van der Waals surface area contributed by atoms with Crippen LogP contribution in [-0.2, 0) is 4.79 Å². The second kappa shape index (κ2) is 11.2. The molecule has 4 fully saturated rings. The van der Waals surface area contributed by atoms with Gasteiger partial charge in [-0.2, -0.15) is 5.10 Å². The van der Waals surface area contributed by atoms with E-state index < -0.39 is 0 Å². The lowest BCUT2D eigenvalue weighted by Gasteiger charge is -2.62. The molecule has 0 bridgehead atoms. The van der Waals surface area contributed by atoms with Gasteiger partial charge in [0.05, 0.1) is 25.5 Å². The normalized spacial score (nSPS) is 40.4. The van der Waals surface area contributed by atoms with E-state index >= 15 is 0 Å². The first-order valence-corrected chi connectivity index (χ1v) is 15.4. The van der Waals surface area contributed by atoms with E-state index in [1.165, 1.54) is 25.7 Å². The number of nitrogens with zero attached hydrogens (tertiary/aromatic N) is 1. The van der Waals surface area contributed by atoms with Gasteiger partial charge in [0.2, 0.25) is 5.91 Å². The molecule has 1 aromatic carbocycles. The molecule has 0 heterocycles. The average molecular weight is 539 g/mol. The zero-order chi connectivity index (χ0) is 27.9. The van der Waals surface area contributed by atoms with Crippen LogP contribution in [0.5, 0.6) is 5.75 Å². The van der Waals surface area contributed by atoms with Crippen molar-refractivity contribution >= 4 is 12.1 Å². The summed E-state index contributed by atoms with van der Waals surface area (Å²) in [5.41, 5.74) is 5.16. The molecule has 6 nitrogen and oxygen atoms in total. The van der Waals surface area contributed by atoms with E-state index in [1.807, 2.05) is 25.1 Å². The molecule has 6 heteroatoms. The second-order valence-corrected chi connectivity index (χ2v) is 14.0. The predicted molar refractivity (Wildman–Crippen MR) is 154 cm³/mol. The van der Waals surface area contributed by atoms with Crippen molar-refractivity contribution in [2.45, 2.75) is 104 Å². The number of amides is 1. The van der Waals surface area contributed by atoms with Crippen LogP contribution in [0.2, 0.25) is 0 Å². The number of aliphatic hydroxyl groups is 2. The van der Waals surface area contributed by atoms with Crippen LogP contribution in [0.3, 0.4) is 0 Å². The third kappa shape index (κ3) is 5.28. The minimum Gasteiger partial charge on any atom is -0.496 e. The van der Waals surface area contributed by atoms with Gasteiger partial charge in [0.15, 0.2) is 0 Å². The Morgan fingerprint density at radius 1 is 1.13 bits per heavy atom. The average Bonchev–Trinajstić information content (AvgIpc) is 3.26. The summed E-state index contributed by atoms with van der Waals surface area (Å²) in [5.74, 6) is 3.79. The van der Waals surface area contributed by atoms with Gasteiger partial charge in [-0.05, 0) is 128 Å². The van der Waals surface area contributed by atoms with Gasteiger partial charge >= 0.3 is 0 Å². The quantitative estimate of drug-likeness (QED) is 0.300. The third-order valence-corrected chi connectivity index (χ3v) is 12.1. The fourth-order valence-corrected chi connectivity index (χ4v) is 9.89. The van der Waals surface area contributed by atoms with Gasteiger partial charge in [0.1, 0.15) is 5.75 Å². The summed E-state index contributed by atoms with van der Waals surface area (Å²) in [7, 11) is 1.65. The molecule has 0 radical (unpaired) electrons. The van der Waals surface area contributed by atoms with Crippen LogP contribution in [0, 0.1) is 53.3 Å². The summed E-state index contributed by atoms with van der Waals surface area (Å²) >= 11 is 0. The zero-order valence-corrected chi connectivity index (χ0v) is 24.7. The minimum absolute atomic E-state index is 0.0401. The van der Waals surface area contributed by atoms with Crippen LogP contribution in [0.1, 0.15) is 96.1 Å². The van der Waals surface area contributed by atoms with E-state index in [9.17, 15) is 15.0 Å². The van der Waals surface area contributed by atoms with E-state index in [1.54, 1.807) is 13.3 Å². The number of carbonyl (C=O) groups is 1. The molecule has 10 unspecified atom stereocenters. The van der Waals surface area contributed by atoms with Crippen LogP contribution in [0.4, 0.5) is 0 Å². The highest BCUT2D eigenvalue weighted by atomic mass is 16.5. The van der Waals surface area contributed by atoms with Gasteiger partial charge in [-0.25, -0.2) is 5.43 Å². The maximum absolute atomic E-state index is 12.6. The standard InChI is InChI=1S/C33H50N2O4/c1-20(7-11-30(38)35-34-19-22-8-6-21(2)29(16-22)39-5)25-9-10-26-31-27(13-15-33(25,26)4)32(3)14-12-24(36)17-23(32)18-28(31)37/h6,8,16,19-20,23-28,31,36-37H,7,9-15,17-18H2,1-5H3,(H,35,38)/b34-19+. The largest absolute Gasteiger partial charge is 0.496 e. The highest BCUT2D eigenvalue weighted by Gasteiger charge is 2.62. The summed E-state index contributed by atoms with van der Waals surface area (Å²) in [6.07, 6.45) is 11.1. The Balaban J connectivity index is 1.18. The van der Waals surface area contributed by atoms with Crippen LogP contribution in [-0.4, -0.2) is 41.7 Å². The minimum atomic E-state index is -0.241. The molecule has 4 aliphatic carbocycles. The topological polar surface area (TPSA) is 91.2 Å². The summed E-state index contributed by atoms with van der Waals surface area (Å²) in [4.78, 5) is 12.6. The molecule has 1 amide bonds. The lowest BCUT2D eigenvalue weighted by atomic mass is 9.43. The molecular weight excluding hydrogens is 488 g/mol. The lowest BCUT2D eigenvalue weighted by Crippen LogP contribution is -2.58. The Labute approximate surface area is 235 Å². The second-order valence-electron chi connectivity index (χ2n) is 14.0. The molecule has 4 saturated carbocycles. The first kappa shape index (κ1) is 28.6. The van der Waals surface area contributed by atoms with Gasteiger partial charge < -0.3 is 14.9 Å². The summed E-state index contributed by atoms with van der Waals surface area (Å²) in [6, 6.07) is 5.86. The number of ether oxygens (including phenoxy) is 1. The number of aliphatic hydroxyl groups excluding tert-OH is 2. The molecule has 0 aromatic heterocycles. The van der Waals surface area contributed by atoms with Crippen molar-refractivity contribution < 1.29 is 19.7 Å². The van der Waals surface area contributed by atoms with Crippen molar-refractivity contribution in [2.75, 3.05) is 7.11 Å². The number of hydrogen-bond acceptors (Lipinski definition) is 5. The number of benzene rings is 1. The van der Waals surface area contributed by atoms with E-state index in [-0.39, 0.29) is 28.9 Å². The number of carbonyl (C=O) groups excluding carboxylic acids is 1.